The van der Waals surface area contributed by atoms with Gasteiger partial charge in [0.2, 0.25) is 5.82 Å². The average molecular weight is 261 g/mol. The molecule has 0 aliphatic rings. The second-order valence-electron chi connectivity index (χ2n) is 3.68. The number of aromatic carboxylic acids is 1. The van der Waals surface area contributed by atoms with Gasteiger partial charge in [-0.2, -0.15) is 0 Å². The smallest absolute Gasteiger partial charge is 0.337 e. The molecule has 1 amide bonds. The summed E-state index contributed by atoms with van der Waals surface area (Å²) in [6, 6.07) is 1.31. The highest BCUT2D eigenvalue weighted by Gasteiger charge is 2.13. The Balaban J connectivity index is 2.14. The number of hydrogen-bond donors (Lipinski definition) is 3. The summed E-state index contributed by atoms with van der Waals surface area (Å²) in [6.07, 6.45) is 3.17. The molecule has 0 aromatic carbocycles. The summed E-state index contributed by atoms with van der Waals surface area (Å²) in [4.78, 5) is 30.3. The van der Waals surface area contributed by atoms with Gasteiger partial charge in [0.05, 0.1) is 17.4 Å². The Kier molecular flexibility index (Phi) is 3.51. The van der Waals surface area contributed by atoms with E-state index in [1.807, 2.05) is 6.92 Å². The first-order chi connectivity index (χ1) is 9.10. The fraction of sp³-hybridized carbons (Fsp3) is 0.182. The Labute approximate surface area is 107 Å². The van der Waals surface area contributed by atoms with Crippen molar-refractivity contribution < 1.29 is 14.7 Å². The third-order valence-corrected chi connectivity index (χ3v) is 2.31. The number of carbonyl (C=O) groups excluding carboxylic acids is 1. The number of aromatic amines is 1. The number of carbonyl (C=O) groups is 2. The highest BCUT2D eigenvalue weighted by molar-refractivity contribution is 6.02. The molecule has 0 radical (unpaired) electrons. The van der Waals surface area contributed by atoms with Gasteiger partial charge in [-0.1, -0.05) is 6.92 Å². The minimum Gasteiger partial charge on any atom is -0.478 e. The number of amides is 1. The van der Waals surface area contributed by atoms with Crippen molar-refractivity contribution in [3.8, 4) is 0 Å². The van der Waals surface area contributed by atoms with E-state index in [1.165, 1.54) is 18.5 Å². The maximum Gasteiger partial charge on any atom is 0.337 e. The molecular formula is C11H11N5O3. The van der Waals surface area contributed by atoms with Gasteiger partial charge in [-0.05, 0) is 6.07 Å². The van der Waals surface area contributed by atoms with Crippen LogP contribution in [0.1, 0.15) is 33.7 Å². The number of H-pyrrole nitrogens is 1. The molecule has 0 saturated heterocycles. The van der Waals surface area contributed by atoms with Crippen LogP contribution in [0.4, 0.5) is 5.69 Å². The molecule has 19 heavy (non-hydrogen) atoms. The fourth-order valence-electron chi connectivity index (χ4n) is 1.37. The van der Waals surface area contributed by atoms with Gasteiger partial charge in [0, 0.05) is 12.6 Å². The number of hydrogen-bond acceptors (Lipinski definition) is 5. The summed E-state index contributed by atoms with van der Waals surface area (Å²) in [5.41, 5.74) is 0.259. The molecule has 2 aromatic rings. The van der Waals surface area contributed by atoms with Gasteiger partial charge >= 0.3 is 5.97 Å². The number of anilines is 1. The molecule has 0 fully saturated rings. The van der Waals surface area contributed by atoms with Crippen molar-refractivity contribution in [3.05, 3.63) is 35.7 Å². The van der Waals surface area contributed by atoms with E-state index in [4.69, 9.17) is 5.11 Å². The van der Waals surface area contributed by atoms with E-state index in [9.17, 15) is 9.59 Å². The zero-order chi connectivity index (χ0) is 13.8. The molecule has 0 spiro atoms. The maximum atomic E-state index is 11.8. The molecule has 8 nitrogen and oxygen atoms in total. The Morgan fingerprint density at radius 1 is 1.42 bits per heavy atom. The Bertz CT molecular complexity index is 622. The number of rotatable bonds is 4. The van der Waals surface area contributed by atoms with Gasteiger partial charge in [-0.15, -0.1) is 5.10 Å². The normalized spacial score (nSPS) is 10.2. The van der Waals surface area contributed by atoms with Crippen molar-refractivity contribution in [1.82, 2.24) is 20.2 Å². The number of aromatic nitrogens is 4. The molecule has 0 unspecified atom stereocenters. The zero-order valence-electron chi connectivity index (χ0n) is 10.0. The van der Waals surface area contributed by atoms with Crippen LogP contribution in [0.25, 0.3) is 0 Å². The summed E-state index contributed by atoms with van der Waals surface area (Å²) < 4.78 is 0. The quantitative estimate of drug-likeness (QED) is 0.745. The number of nitrogens with zero attached hydrogens (tertiary/aromatic N) is 3. The molecule has 8 heteroatoms. The first-order valence-electron chi connectivity index (χ1n) is 5.51. The van der Waals surface area contributed by atoms with Gasteiger partial charge in [-0.3, -0.25) is 14.9 Å². The molecule has 98 valence electrons. The standard InChI is InChI=1S/C11H11N5O3/c1-2-8-14-9(16-15-8)10(17)13-7-3-6(11(18)19)4-12-5-7/h3-5H,2H2,1H3,(H,13,17)(H,18,19)(H,14,15,16). The van der Waals surface area contributed by atoms with Crippen molar-refractivity contribution in [2.24, 2.45) is 0 Å². The summed E-state index contributed by atoms with van der Waals surface area (Å²) in [5.74, 6) is -1.05. The number of aryl methyl sites for hydroxylation is 1. The Morgan fingerprint density at radius 3 is 2.84 bits per heavy atom. The number of pyridine rings is 1. The first kappa shape index (κ1) is 12.7. The second kappa shape index (κ2) is 5.25. The van der Waals surface area contributed by atoms with E-state index < -0.39 is 11.9 Å². The van der Waals surface area contributed by atoms with Crippen LogP contribution in [0.3, 0.4) is 0 Å². The van der Waals surface area contributed by atoms with Crippen LogP contribution in [0.15, 0.2) is 18.5 Å². The minimum atomic E-state index is -1.12. The van der Waals surface area contributed by atoms with E-state index in [-0.39, 0.29) is 17.1 Å². The molecule has 2 aromatic heterocycles. The van der Waals surface area contributed by atoms with Gasteiger partial charge < -0.3 is 10.4 Å². The highest BCUT2D eigenvalue weighted by atomic mass is 16.4. The zero-order valence-corrected chi connectivity index (χ0v) is 10.0. The van der Waals surface area contributed by atoms with Crippen LogP contribution >= 0.6 is 0 Å². The lowest BCUT2D eigenvalue weighted by atomic mass is 10.2. The molecule has 0 bridgehead atoms. The highest BCUT2D eigenvalue weighted by Crippen LogP contribution is 2.09. The van der Waals surface area contributed by atoms with Crippen molar-refractivity contribution >= 4 is 17.6 Å². The first-order valence-corrected chi connectivity index (χ1v) is 5.51. The van der Waals surface area contributed by atoms with E-state index >= 15 is 0 Å². The predicted octanol–water partition coefficient (Wildman–Crippen LogP) is 0.713. The van der Waals surface area contributed by atoms with Crippen molar-refractivity contribution in [2.75, 3.05) is 5.32 Å². The SMILES string of the molecule is CCc1nc(C(=O)Nc2cncc(C(=O)O)c2)n[nH]1. The Morgan fingerprint density at radius 2 is 2.21 bits per heavy atom. The lowest BCUT2D eigenvalue weighted by molar-refractivity contribution is 0.0696. The predicted molar refractivity (Wildman–Crippen MR) is 64.9 cm³/mol. The molecule has 0 atom stereocenters. The molecule has 0 aliphatic carbocycles. The van der Waals surface area contributed by atoms with E-state index in [0.717, 1.165) is 0 Å². The molecule has 0 aliphatic heterocycles. The lowest BCUT2D eigenvalue weighted by Crippen LogP contribution is -2.14. The van der Waals surface area contributed by atoms with E-state index in [2.05, 4.69) is 25.5 Å². The molecule has 0 saturated carbocycles. The van der Waals surface area contributed by atoms with Crippen LogP contribution in [-0.2, 0) is 6.42 Å². The third kappa shape index (κ3) is 2.92. The van der Waals surface area contributed by atoms with Gasteiger partial charge in [-0.25, -0.2) is 9.78 Å². The van der Waals surface area contributed by atoms with E-state index in [1.54, 1.807) is 0 Å². The second-order valence-corrected chi connectivity index (χ2v) is 3.68. The number of carboxylic acid groups (broad SMARTS) is 1. The topological polar surface area (TPSA) is 121 Å². The summed E-state index contributed by atoms with van der Waals surface area (Å²) in [6.45, 7) is 1.88. The Hall–Kier alpha value is -2.77. The summed E-state index contributed by atoms with van der Waals surface area (Å²) in [7, 11) is 0. The minimum absolute atomic E-state index is 0.00224. The average Bonchev–Trinajstić information content (AvgIpc) is 2.88. The van der Waals surface area contributed by atoms with Crippen LogP contribution < -0.4 is 5.32 Å². The fourth-order valence-corrected chi connectivity index (χ4v) is 1.37. The number of carboxylic acids is 1. The summed E-state index contributed by atoms with van der Waals surface area (Å²) in [5, 5.41) is 17.7. The van der Waals surface area contributed by atoms with Crippen molar-refractivity contribution in [3.63, 3.8) is 0 Å². The van der Waals surface area contributed by atoms with Crippen molar-refractivity contribution in [1.29, 1.82) is 0 Å². The van der Waals surface area contributed by atoms with Crippen LogP contribution in [0.5, 0.6) is 0 Å². The molecule has 2 heterocycles. The van der Waals surface area contributed by atoms with Crippen LogP contribution in [0, 0.1) is 0 Å². The van der Waals surface area contributed by atoms with Crippen molar-refractivity contribution in [2.45, 2.75) is 13.3 Å². The van der Waals surface area contributed by atoms with Crippen LogP contribution in [0.2, 0.25) is 0 Å². The summed E-state index contributed by atoms with van der Waals surface area (Å²) >= 11 is 0. The van der Waals surface area contributed by atoms with E-state index in [0.29, 0.717) is 12.2 Å². The molecule has 2 rings (SSSR count). The lowest BCUT2D eigenvalue weighted by Gasteiger charge is -2.02. The largest absolute Gasteiger partial charge is 0.478 e. The van der Waals surface area contributed by atoms with Gasteiger partial charge in [0.1, 0.15) is 5.82 Å². The van der Waals surface area contributed by atoms with Gasteiger partial charge in [0.25, 0.3) is 5.91 Å². The number of nitrogens with one attached hydrogen (secondary N) is 2. The van der Waals surface area contributed by atoms with Crippen LogP contribution in [-0.4, -0.2) is 37.1 Å². The monoisotopic (exact) mass is 261 g/mol. The molecular weight excluding hydrogens is 250 g/mol. The maximum absolute atomic E-state index is 11.8. The van der Waals surface area contributed by atoms with Gasteiger partial charge in [0.15, 0.2) is 0 Å². The molecule has 3 N–H and O–H groups in total. The third-order valence-electron chi connectivity index (χ3n) is 2.31.